The molecule has 2 N–H and O–H groups in total. The third kappa shape index (κ3) is 4.83. The summed E-state index contributed by atoms with van der Waals surface area (Å²) in [6, 6.07) is 5.72. The number of thiazole rings is 1. The van der Waals surface area contributed by atoms with Crippen molar-refractivity contribution in [2.75, 3.05) is 11.4 Å². The fourth-order valence-corrected chi connectivity index (χ4v) is 3.45. The molecule has 1 saturated heterocycles. The lowest BCUT2D eigenvalue weighted by Gasteiger charge is -2.15. The first kappa shape index (κ1) is 19.7. The van der Waals surface area contributed by atoms with Gasteiger partial charge in [-0.2, -0.15) is 0 Å². The van der Waals surface area contributed by atoms with Gasteiger partial charge in [-0.25, -0.2) is 9.37 Å². The Balaban J connectivity index is 1.46. The Morgan fingerprint density at radius 2 is 2.14 bits per heavy atom. The van der Waals surface area contributed by atoms with E-state index in [2.05, 4.69) is 15.8 Å². The van der Waals surface area contributed by atoms with Crippen molar-refractivity contribution >= 4 is 34.2 Å². The molecular weight excluding hydrogens is 387 g/mol. The van der Waals surface area contributed by atoms with E-state index in [1.165, 1.54) is 36.5 Å². The Bertz CT molecular complexity index is 888. The number of hydrogen-bond donors (Lipinski definition) is 2. The van der Waals surface area contributed by atoms with E-state index in [1.807, 2.05) is 0 Å². The molecule has 1 fully saturated rings. The van der Waals surface area contributed by atoms with Gasteiger partial charge in [0.25, 0.3) is 5.91 Å². The standard InChI is InChI=1S/C18H19FN4O4S/c1-11(27-14-6-3-2-5-13(14)19)17(26)22-21-15(24)9-12-10-28-18(20-12)23-8-4-7-16(23)25/h2-3,5-6,10-11H,4,7-9H2,1H3,(H,21,24)(H,22,26)/t11-/m0/s1. The highest BCUT2D eigenvalue weighted by molar-refractivity contribution is 7.14. The third-order valence-corrected chi connectivity index (χ3v) is 4.93. The lowest BCUT2D eigenvalue weighted by molar-refractivity contribution is -0.132. The molecule has 10 heteroatoms. The van der Waals surface area contributed by atoms with E-state index in [0.29, 0.717) is 23.8 Å². The molecule has 0 saturated carbocycles. The van der Waals surface area contributed by atoms with E-state index >= 15 is 0 Å². The van der Waals surface area contributed by atoms with Crippen LogP contribution in [0.2, 0.25) is 0 Å². The summed E-state index contributed by atoms with van der Waals surface area (Å²) in [5.74, 6) is -1.71. The fourth-order valence-electron chi connectivity index (χ4n) is 2.58. The smallest absolute Gasteiger partial charge is 0.279 e. The van der Waals surface area contributed by atoms with Crippen molar-refractivity contribution in [3.8, 4) is 5.75 Å². The summed E-state index contributed by atoms with van der Waals surface area (Å²) < 4.78 is 18.8. The second-order valence-electron chi connectivity index (χ2n) is 6.18. The summed E-state index contributed by atoms with van der Waals surface area (Å²) in [7, 11) is 0. The van der Waals surface area contributed by atoms with Gasteiger partial charge in [0.15, 0.2) is 22.8 Å². The van der Waals surface area contributed by atoms with Crippen LogP contribution < -0.4 is 20.5 Å². The van der Waals surface area contributed by atoms with Crippen molar-refractivity contribution in [1.82, 2.24) is 15.8 Å². The van der Waals surface area contributed by atoms with Crippen LogP contribution >= 0.6 is 11.3 Å². The predicted octanol–water partition coefficient (Wildman–Crippen LogP) is 1.57. The molecule has 2 aromatic rings. The molecule has 1 aliphatic heterocycles. The van der Waals surface area contributed by atoms with Crippen molar-refractivity contribution in [2.24, 2.45) is 0 Å². The molecule has 28 heavy (non-hydrogen) atoms. The van der Waals surface area contributed by atoms with E-state index in [9.17, 15) is 18.8 Å². The average Bonchev–Trinajstić information content (AvgIpc) is 3.30. The van der Waals surface area contributed by atoms with Gasteiger partial charge < -0.3 is 4.74 Å². The second-order valence-corrected chi connectivity index (χ2v) is 7.01. The maximum atomic E-state index is 13.6. The summed E-state index contributed by atoms with van der Waals surface area (Å²) in [5, 5.41) is 2.27. The number of amides is 3. The van der Waals surface area contributed by atoms with E-state index in [-0.39, 0.29) is 18.1 Å². The van der Waals surface area contributed by atoms with Crippen molar-refractivity contribution < 1.29 is 23.5 Å². The van der Waals surface area contributed by atoms with Crippen molar-refractivity contribution in [1.29, 1.82) is 0 Å². The van der Waals surface area contributed by atoms with Gasteiger partial charge in [-0.05, 0) is 25.5 Å². The summed E-state index contributed by atoms with van der Waals surface area (Å²) >= 11 is 1.30. The average molecular weight is 406 g/mol. The van der Waals surface area contributed by atoms with E-state index in [4.69, 9.17) is 4.74 Å². The molecule has 1 aliphatic rings. The SMILES string of the molecule is C[C@H](Oc1ccccc1F)C(=O)NNC(=O)Cc1csc(N2CCCC2=O)n1. The molecule has 0 aliphatic carbocycles. The number of benzene rings is 1. The Kier molecular flexibility index (Phi) is 6.19. The highest BCUT2D eigenvalue weighted by Crippen LogP contribution is 2.25. The largest absolute Gasteiger partial charge is 0.478 e. The quantitative estimate of drug-likeness (QED) is 0.710. The first-order valence-corrected chi connectivity index (χ1v) is 9.56. The van der Waals surface area contributed by atoms with Crippen LogP contribution in [0.1, 0.15) is 25.5 Å². The van der Waals surface area contributed by atoms with Crippen LogP contribution in [0.25, 0.3) is 0 Å². The Morgan fingerprint density at radius 3 is 2.86 bits per heavy atom. The molecule has 0 spiro atoms. The van der Waals surface area contributed by atoms with Gasteiger partial charge in [-0.1, -0.05) is 12.1 Å². The minimum atomic E-state index is -1.01. The summed E-state index contributed by atoms with van der Waals surface area (Å²) in [6.45, 7) is 2.07. The van der Waals surface area contributed by atoms with Crippen LogP contribution in [0.5, 0.6) is 5.75 Å². The predicted molar refractivity (Wildman–Crippen MR) is 100 cm³/mol. The lowest BCUT2D eigenvalue weighted by atomic mass is 10.3. The normalized spacial score (nSPS) is 14.6. The van der Waals surface area contributed by atoms with Gasteiger partial charge in [0.2, 0.25) is 11.8 Å². The number of hydrazine groups is 1. The maximum Gasteiger partial charge on any atom is 0.279 e. The number of nitrogens with one attached hydrogen (secondary N) is 2. The van der Waals surface area contributed by atoms with Gasteiger partial charge in [-0.3, -0.25) is 30.1 Å². The topological polar surface area (TPSA) is 101 Å². The number of ether oxygens (including phenoxy) is 1. The molecule has 148 valence electrons. The Labute approximate surface area is 164 Å². The molecule has 3 rings (SSSR count). The van der Waals surface area contributed by atoms with Crippen LogP contribution in [0.15, 0.2) is 29.6 Å². The molecule has 1 atom stereocenters. The number of para-hydroxylation sites is 1. The van der Waals surface area contributed by atoms with Crippen LogP contribution in [-0.4, -0.2) is 35.4 Å². The Hall–Kier alpha value is -3.01. The van der Waals surface area contributed by atoms with Crippen LogP contribution in [-0.2, 0) is 20.8 Å². The van der Waals surface area contributed by atoms with Gasteiger partial charge in [0.1, 0.15) is 0 Å². The number of rotatable bonds is 6. The molecule has 1 aromatic heterocycles. The molecule has 3 amide bonds. The molecule has 0 bridgehead atoms. The number of anilines is 1. The first-order chi connectivity index (χ1) is 13.4. The fraction of sp³-hybridized carbons (Fsp3) is 0.333. The molecule has 1 aromatic carbocycles. The minimum absolute atomic E-state index is 0.0291. The van der Waals surface area contributed by atoms with Crippen LogP contribution in [0.3, 0.4) is 0 Å². The molecule has 0 unspecified atom stereocenters. The second kappa shape index (κ2) is 8.79. The lowest BCUT2D eigenvalue weighted by Crippen LogP contribution is -2.47. The molecule has 2 heterocycles. The zero-order chi connectivity index (χ0) is 20.1. The Morgan fingerprint density at radius 1 is 1.36 bits per heavy atom. The zero-order valence-electron chi connectivity index (χ0n) is 15.1. The monoisotopic (exact) mass is 406 g/mol. The number of halogens is 1. The van der Waals surface area contributed by atoms with Crippen LogP contribution in [0, 0.1) is 5.82 Å². The number of aromatic nitrogens is 1. The van der Waals surface area contributed by atoms with Crippen molar-refractivity contribution in [3.05, 3.63) is 41.2 Å². The van der Waals surface area contributed by atoms with Crippen molar-refractivity contribution in [3.63, 3.8) is 0 Å². The van der Waals surface area contributed by atoms with Crippen LogP contribution in [0.4, 0.5) is 9.52 Å². The zero-order valence-corrected chi connectivity index (χ0v) is 15.9. The minimum Gasteiger partial charge on any atom is -0.478 e. The summed E-state index contributed by atoms with van der Waals surface area (Å²) in [6.07, 6.45) is 0.243. The molecule has 8 nitrogen and oxygen atoms in total. The highest BCUT2D eigenvalue weighted by Gasteiger charge is 2.24. The summed E-state index contributed by atoms with van der Waals surface area (Å²) in [4.78, 5) is 41.6. The number of carbonyl (C=O) groups excluding carboxylic acids is 3. The number of hydrogen-bond acceptors (Lipinski definition) is 6. The molecule has 0 radical (unpaired) electrons. The van der Waals surface area contributed by atoms with E-state index in [0.717, 1.165) is 6.42 Å². The van der Waals surface area contributed by atoms with Gasteiger partial charge in [0.05, 0.1) is 12.1 Å². The first-order valence-electron chi connectivity index (χ1n) is 8.68. The van der Waals surface area contributed by atoms with Gasteiger partial charge in [-0.15, -0.1) is 11.3 Å². The van der Waals surface area contributed by atoms with E-state index in [1.54, 1.807) is 16.3 Å². The summed E-state index contributed by atoms with van der Waals surface area (Å²) in [5.41, 5.74) is 5.01. The number of nitrogens with zero attached hydrogens (tertiary/aromatic N) is 2. The number of carbonyl (C=O) groups is 3. The van der Waals surface area contributed by atoms with Crippen molar-refractivity contribution in [2.45, 2.75) is 32.3 Å². The molecular formula is C18H19FN4O4S. The highest BCUT2D eigenvalue weighted by atomic mass is 32.1. The van der Waals surface area contributed by atoms with Gasteiger partial charge >= 0.3 is 0 Å². The third-order valence-electron chi connectivity index (χ3n) is 4.02. The maximum absolute atomic E-state index is 13.6. The van der Waals surface area contributed by atoms with Gasteiger partial charge in [0, 0.05) is 18.3 Å². The van der Waals surface area contributed by atoms with E-state index < -0.39 is 23.7 Å².